The average Bonchev–Trinajstić information content (AvgIpc) is 3.17. The van der Waals surface area contributed by atoms with Crippen LogP contribution in [0.25, 0.3) is 0 Å². The zero-order valence-corrected chi connectivity index (χ0v) is 14.0. The first-order chi connectivity index (χ1) is 11.1. The van der Waals surface area contributed by atoms with Crippen molar-refractivity contribution in [1.82, 2.24) is 10.2 Å². The Balaban J connectivity index is 1.71. The van der Waals surface area contributed by atoms with Gasteiger partial charge < -0.3 is 14.8 Å². The number of carbonyl (C=O) groups is 1. The van der Waals surface area contributed by atoms with Crippen molar-refractivity contribution in [3.8, 4) is 11.5 Å². The maximum absolute atomic E-state index is 12.0. The van der Waals surface area contributed by atoms with Crippen molar-refractivity contribution in [2.75, 3.05) is 26.4 Å². The Morgan fingerprint density at radius 2 is 1.96 bits per heavy atom. The summed E-state index contributed by atoms with van der Waals surface area (Å²) in [6, 6.07) is 6.31. The molecule has 1 fully saturated rings. The van der Waals surface area contributed by atoms with Crippen LogP contribution in [-0.4, -0.2) is 37.2 Å². The zero-order chi connectivity index (χ0) is 16.2. The summed E-state index contributed by atoms with van der Waals surface area (Å²) < 4.78 is 10.9. The lowest BCUT2D eigenvalue weighted by Crippen LogP contribution is -2.37. The first kappa shape index (κ1) is 16.1. The third-order valence-electron chi connectivity index (χ3n) is 4.45. The Labute approximate surface area is 137 Å². The number of benzene rings is 1. The number of likely N-dealkylation sites (tertiary alicyclic amines) is 1. The monoisotopic (exact) mass is 318 g/mol. The lowest BCUT2D eigenvalue weighted by atomic mass is 10.0. The highest BCUT2D eigenvalue weighted by molar-refractivity contribution is 5.76. The highest BCUT2D eigenvalue weighted by Crippen LogP contribution is 2.36. The Morgan fingerprint density at radius 1 is 1.22 bits per heavy atom. The second-order valence-corrected chi connectivity index (χ2v) is 6.77. The van der Waals surface area contributed by atoms with Gasteiger partial charge in [0.25, 0.3) is 0 Å². The molecular weight excluding hydrogens is 292 g/mol. The molecule has 0 saturated carbocycles. The molecule has 0 radical (unpaired) electrons. The number of carbonyl (C=O) groups excluding carboxylic acids is 1. The normalized spacial score (nSPS) is 18.4. The summed E-state index contributed by atoms with van der Waals surface area (Å²) in [5.41, 5.74) is 1.18. The van der Waals surface area contributed by atoms with Crippen molar-refractivity contribution < 1.29 is 14.3 Å². The molecule has 0 aliphatic carbocycles. The highest BCUT2D eigenvalue weighted by atomic mass is 16.7. The topological polar surface area (TPSA) is 50.8 Å². The van der Waals surface area contributed by atoms with Crippen molar-refractivity contribution in [3.63, 3.8) is 0 Å². The molecule has 2 aliphatic heterocycles. The minimum atomic E-state index is 0.130. The maximum Gasteiger partial charge on any atom is 0.231 e. The largest absolute Gasteiger partial charge is 0.454 e. The fourth-order valence-electron chi connectivity index (χ4n) is 3.28. The standard InChI is InChI=1S/C18H26N2O3/c1-13(2)9-18(21)19-11-15(20-7-3-4-8-20)14-5-6-16-17(10-14)23-12-22-16/h5-6,10,13,15H,3-4,7-9,11-12H2,1-2H3,(H,19,21). The van der Waals surface area contributed by atoms with Crippen LogP contribution in [0, 0.1) is 5.92 Å². The van der Waals surface area contributed by atoms with Crippen LogP contribution in [0.5, 0.6) is 11.5 Å². The highest BCUT2D eigenvalue weighted by Gasteiger charge is 2.26. The molecule has 5 nitrogen and oxygen atoms in total. The molecule has 0 bridgehead atoms. The molecule has 0 aromatic heterocycles. The van der Waals surface area contributed by atoms with E-state index in [1.807, 2.05) is 6.07 Å². The summed E-state index contributed by atoms with van der Waals surface area (Å²) in [7, 11) is 0. The fourth-order valence-corrected chi connectivity index (χ4v) is 3.28. The number of nitrogens with one attached hydrogen (secondary N) is 1. The molecular formula is C18H26N2O3. The summed E-state index contributed by atoms with van der Waals surface area (Å²) in [6.07, 6.45) is 3.02. The van der Waals surface area contributed by atoms with Gasteiger partial charge in [0.1, 0.15) is 0 Å². The van der Waals surface area contributed by atoms with Crippen LogP contribution in [0.4, 0.5) is 0 Å². The molecule has 1 N–H and O–H groups in total. The molecule has 1 atom stereocenters. The molecule has 3 rings (SSSR count). The van der Waals surface area contributed by atoms with Crippen molar-refractivity contribution in [2.45, 2.75) is 39.2 Å². The predicted octanol–water partition coefficient (Wildman–Crippen LogP) is 2.71. The summed E-state index contributed by atoms with van der Waals surface area (Å²) in [5, 5.41) is 3.10. The Hall–Kier alpha value is -1.75. The number of rotatable bonds is 6. The van der Waals surface area contributed by atoms with E-state index in [0.717, 1.165) is 24.6 Å². The third kappa shape index (κ3) is 3.96. The van der Waals surface area contributed by atoms with Crippen LogP contribution >= 0.6 is 0 Å². The maximum atomic E-state index is 12.0. The van der Waals surface area contributed by atoms with Gasteiger partial charge in [0.05, 0.1) is 6.04 Å². The predicted molar refractivity (Wildman–Crippen MR) is 88.6 cm³/mol. The smallest absolute Gasteiger partial charge is 0.231 e. The van der Waals surface area contributed by atoms with Gasteiger partial charge in [0.15, 0.2) is 11.5 Å². The van der Waals surface area contributed by atoms with E-state index < -0.39 is 0 Å². The number of hydrogen-bond acceptors (Lipinski definition) is 4. The molecule has 1 aromatic carbocycles. The van der Waals surface area contributed by atoms with Gasteiger partial charge >= 0.3 is 0 Å². The summed E-state index contributed by atoms with van der Waals surface area (Å²) >= 11 is 0. The molecule has 1 saturated heterocycles. The molecule has 1 unspecified atom stereocenters. The lowest BCUT2D eigenvalue weighted by molar-refractivity contribution is -0.122. The minimum Gasteiger partial charge on any atom is -0.454 e. The van der Waals surface area contributed by atoms with E-state index in [0.29, 0.717) is 18.9 Å². The summed E-state index contributed by atoms with van der Waals surface area (Å²) in [4.78, 5) is 14.5. The van der Waals surface area contributed by atoms with Crippen LogP contribution in [0.1, 0.15) is 44.7 Å². The quantitative estimate of drug-likeness (QED) is 0.876. The van der Waals surface area contributed by atoms with Crippen LogP contribution in [-0.2, 0) is 4.79 Å². The molecule has 5 heteroatoms. The number of ether oxygens (including phenoxy) is 2. The van der Waals surface area contributed by atoms with Crippen LogP contribution in [0.3, 0.4) is 0 Å². The SMILES string of the molecule is CC(C)CC(=O)NCC(c1ccc2c(c1)OCO2)N1CCCC1. The molecule has 1 amide bonds. The van der Waals surface area contributed by atoms with Gasteiger partial charge in [-0.05, 0) is 49.5 Å². The van der Waals surface area contributed by atoms with Gasteiger partial charge in [0, 0.05) is 13.0 Å². The van der Waals surface area contributed by atoms with Crippen LogP contribution in [0.2, 0.25) is 0 Å². The second kappa shape index (κ2) is 7.21. The average molecular weight is 318 g/mol. The third-order valence-corrected chi connectivity index (χ3v) is 4.45. The zero-order valence-electron chi connectivity index (χ0n) is 14.0. The Morgan fingerprint density at radius 3 is 2.70 bits per heavy atom. The van der Waals surface area contributed by atoms with Crippen LogP contribution < -0.4 is 14.8 Å². The Kier molecular flexibility index (Phi) is 5.06. The molecule has 1 aromatic rings. The van der Waals surface area contributed by atoms with E-state index in [-0.39, 0.29) is 18.7 Å². The molecule has 126 valence electrons. The fraction of sp³-hybridized carbons (Fsp3) is 0.611. The molecule has 23 heavy (non-hydrogen) atoms. The van der Waals surface area contributed by atoms with Crippen molar-refractivity contribution in [1.29, 1.82) is 0 Å². The van der Waals surface area contributed by atoms with Gasteiger partial charge in [-0.3, -0.25) is 9.69 Å². The number of amides is 1. The van der Waals surface area contributed by atoms with E-state index in [9.17, 15) is 4.79 Å². The van der Waals surface area contributed by atoms with Gasteiger partial charge in [0.2, 0.25) is 12.7 Å². The van der Waals surface area contributed by atoms with Crippen molar-refractivity contribution in [2.24, 2.45) is 5.92 Å². The van der Waals surface area contributed by atoms with E-state index in [1.165, 1.54) is 18.4 Å². The first-order valence-electron chi connectivity index (χ1n) is 8.54. The molecule has 0 spiro atoms. The van der Waals surface area contributed by atoms with E-state index >= 15 is 0 Å². The van der Waals surface area contributed by atoms with Crippen molar-refractivity contribution in [3.05, 3.63) is 23.8 Å². The molecule has 2 aliphatic rings. The lowest BCUT2D eigenvalue weighted by Gasteiger charge is -2.28. The van der Waals surface area contributed by atoms with E-state index in [2.05, 4.69) is 36.2 Å². The van der Waals surface area contributed by atoms with Gasteiger partial charge in [-0.25, -0.2) is 0 Å². The number of nitrogens with zero attached hydrogens (tertiary/aromatic N) is 1. The summed E-state index contributed by atoms with van der Waals surface area (Å²) in [5.74, 6) is 2.12. The van der Waals surface area contributed by atoms with E-state index in [1.54, 1.807) is 0 Å². The van der Waals surface area contributed by atoms with E-state index in [4.69, 9.17) is 9.47 Å². The number of fused-ring (bicyclic) bond motifs is 1. The minimum absolute atomic E-state index is 0.130. The van der Waals surface area contributed by atoms with Crippen LogP contribution in [0.15, 0.2) is 18.2 Å². The van der Waals surface area contributed by atoms with Gasteiger partial charge in [-0.2, -0.15) is 0 Å². The molecule has 2 heterocycles. The van der Waals surface area contributed by atoms with Crippen molar-refractivity contribution >= 4 is 5.91 Å². The Bertz CT molecular complexity index is 553. The second-order valence-electron chi connectivity index (χ2n) is 6.77. The number of hydrogen-bond donors (Lipinski definition) is 1. The first-order valence-corrected chi connectivity index (χ1v) is 8.54. The van der Waals surface area contributed by atoms with Gasteiger partial charge in [-0.15, -0.1) is 0 Å². The summed E-state index contributed by atoms with van der Waals surface area (Å²) in [6.45, 7) is 7.23. The van der Waals surface area contributed by atoms with Gasteiger partial charge in [-0.1, -0.05) is 19.9 Å².